The van der Waals surface area contributed by atoms with Crippen LogP contribution in [0.15, 0.2) is 48.5 Å². The fourth-order valence-electron chi connectivity index (χ4n) is 2.82. The molecular formula is C18H21NO2. The minimum atomic E-state index is 0.559. The Morgan fingerprint density at radius 1 is 1.00 bits per heavy atom. The van der Waals surface area contributed by atoms with E-state index < -0.39 is 0 Å². The summed E-state index contributed by atoms with van der Waals surface area (Å²) in [7, 11) is 3.35. The summed E-state index contributed by atoms with van der Waals surface area (Å²) in [6.07, 6.45) is 1.20. The van der Waals surface area contributed by atoms with Crippen molar-refractivity contribution in [3.8, 4) is 11.5 Å². The fourth-order valence-corrected chi connectivity index (χ4v) is 2.82. The van der Waals surface area contributed by atoms with E-state index in [1.54, 1.807) is 14.2 Å². The lowest BCUT2D eigenvalue weighted by Crippen LogP contribution is -2.17. The molecule has 1 aliphatic rings. The average Bonchev–Trinajstić information content (AvgIpc) is 3.33. The minimum Gasteiger partial charge on any atom is -0.493 e. The van der Waals surface area contributed by atoms with Crippen LogP contribution in [-0.2, 0) is 6.54 Å². The molecule has 3 heteroatoms. The van der Waals surface area contributed by atoms with Gasteiger partial charge in [0.2, 0.25) is 0 Å². The highest BCUT2D eigenvalue weighted by atomic mass is 16.5. The van der Waals surface area contributed by atoms with Gasteiger partial charge in [-0.3, -0.25) is 0 Å². The van der Waals surface area contributed by atoms with E-state index in [1.165, 1.54) is 12.0 Å². The molecule has 2 aromatic carbocycles. The van der Waals surface area contributed by atoms with Crippen molar-refractivity contribution < 1.29 is 9.47 Å². The van der Waals surface area contributed by atoms with Crippen molar-refractivity contribution in [2.24, 2.45) is 0 Å². The van der Waals surface area contributed by atoms with E-state index >= 15 is 0 Å². The summed E-state index contributed by atoms with van der Waals surface area (Å²) in [4.78, 5) is 0. The first-order chi connectivity index (χ1) is 10.3. The number of benzene rings is 2. The van der Waals surface area contributed by atoms with Crippen LogP contribution in [0.1, 0.15) is 23.5 Å². The molecule has 1 fully saturated rings. The molecule has 21 heavy (non-hydrogen) atoms. The Balaban J connectivity index is 1.62. The molecule has 2 atom stereocenters. The molecule has 110 valence electrons. The third kappa shape index (κ3) is 3.03. The Morgan fingerprint density at radius 2 is 1.81 bits per heavy atom. The van der Waals surface area contributed by atoms with Gasteiger partial charge in [0.15, 0.2) is 11.5 Å². The van der Waals surface area contributed by atoms with Crippen LogP contribution in [-0.4, -0.2) is 20.3 Å². The van der Waals surface area contributed by atoms with Crippen molar-refractivity contribution in [3.05, 3.63) is 59.7 Å². The number of para-hydroxylation sites is 1. The second kappa shape index (κ2) is 6.19. The maximum atomic E-state index is 5.47. The van der Waals surface area contributed by atoms with Crippen LogP contribution in [0.3, 0.4) is 0 Å². The van der Waals surface area contributed by atoms with E-state index in [0.29, 0.717) is 12.0 Å². The number of hydrogen-bond donors (Lipinski definition) is 1. The normalized spacial score (nSPS) is 20.1. The first kappa shape index (κ1) is 14.0. The van der Waals surface area contributed by atoms with Crippen LogP contribution in [0.4, 0.5) is 0 Å². The smallest absolute Gasteiger partial charge is 0.165 e. The van der Waals surface area contributed by atoms with Crippen LogP contribution < -0.4 is 14.8 Å². The second-order valence-electron chi connectivity index (χ2n) is 5.39. The lowest BCUT2D eigenvalue weighted by atomic mass is 10.1. The van der Waals surface area contributed by atoms with Crippen LogP contribution in [0.25, 0.3) is 0 Å². The van der Waals surface area contributed by atoms with E-state index in [1.807, 2.05) is 12.1 Å². The highest BCUT2D eigenvalue weighted by Gasteiger charge is 2.37. The van der Waals surface area contributed by atoms with E-state index in [9.17, 15) is 0 Å². The zero-order chi connectivity index (χ0) is 14.7. The van der Waals surface area contributed by atoms with Gasteiger partial charge >= 0.3 is 0 Å². The van der Waals surface area contributed by atoms with Gasteiger partial charge in [0.05, 0.1) is 14.2 Å². The highest BCUT2D eigenvalue weighted by molar-refractivity contribution is 5.46. The molecular weight excluding hydrogens is 262 g/mol. The summed E-state index contributed by atoms with van der Waals surface area (Å²) in [6.45, 7) is 0.800. The minimum absolute atomic E-state index is 0.559. The van der Waals surface area contributed by atoms with Gasteiger partial charge in [0.25, 0.3) is 0 Å². The van der Waals surface area contributed by atoms with Gasteiger partial charge in [0.1, 0.15) is 0 Å². The first-order valence-corrected chi connectivity index (χ1v) is 7.31. The first-order valence-electron chi connectivity index (χ1n) is 7.31. The summed E-state index contributed by atoms with van der Waals surface area (Å²) in [6, 6.07) is 17.3. The molecule has 3 nitrogen and oxygen atoms in total. The summed E-state index contributed by atoms with van der Waals surface area (Å²) < 4.78 is 10.8. The standard InChI is InChI=1S/C18H21NO2/c1-20-17-10-6-9-14(18(17)21-2)12-19-16-11-15(16)13-7-4-3-5-8-13/h3-10,15-16,19H,11-12H2,1-2H3/t15?,16-/m0/s1. The molecule has 0 amide bonds. The van der Waals surface area contributed by atoms with Gasteiger partial charge in [-0.25, -0.2) is 0 Å². The maximum absolute atomic E-state index is 5.47. The molecule has 0 aromatic heterocycles. The Morgan fingerprint density at radius 3 is 2.52 bits per heavy atom. The highest BCUT2D eigenvalue weighted by Crippen LogP contribution is 2.41. The van der Waals surface area contributed by atoms with Crippen LogP contribution in [0.5, 0.6) is 11.5 Å². The van der Waals surface area contributed by atoms with E-state index in [-0.39, 0.29) is 0 Å². The molecule has 0 spiro atoms. The lowest BCUT2D eigenvalue weighted by Gasteiger charge is -2.13. The maximum Gasteiger partial charge on any atom is 0.165 e. The summed E-state index contributed by atoms with van der Waals surface area (Å²) in [5, 5.41) is 3.61. The number of rotatable bonds is 6. The third-order valence-electron chi connectivity index (χ3n) is 4.06. The van der Waals surface area contributed by atoms with Gasteiger partial charge in [-0.15, -0.1) is 0 Å². The van der Waals surface area contributed by atoms with Gasteiger partial charge in [-0.1, -0.05) is 42.5 Å². The predicted octanol–water partition coefficient (Wildman–Crippen LogP) is 3.35. The molecule has 0 aliphatic heterocycles. The molecule has 1 N–H and O–H groups in total. The SMILES string of the molecule is COc1cccc(CN[C@H]2CC2c2ccccc2)c1OC. The number of methoxy groups -OCH3 is 2. The molecule has 0 saturated heterocycles. The Labute approximate surface area is 125 Å². The van der Waals surface area contributed by atoms with Crippen molar-refractivity contribution in [2.45, 2.75) is 24.9 Å². The summed E-state index contributed by atoms with van der Waals surface area (Å²) >= 11 is 0. The van der Waals surface area contributed by atoms with Crippen molar-refractivity contribution in [2.75, 3.05) is 14.2 Å². The molecule has 2 aromatic rings. The van der Waals surface area contributed by atoms with Gasteiger partial charge in [-0.05, 0) is 18.1 Å². The van der Waals surface area contributed by atoms with E-state index in [2.05, 4.69) is 41.7 Å². The Bertz CT molecular complexity index is 597. The third-order valence-corrected chi connectivity index (χ3v) is 4.06. The second-order valence-corrected chi connectivity index (χ2v) is 5.39. The quantitative estimate of drug-likeness (QED) is 0.882. The number of ether oxygens (including phenoxy) is 2. The average molecular weight is 283 g/mol. The summed E-state index contributed by atoms with van der Waals surface area (Å²) in [5.74, 6) is 2.25. The van der Waals surface area contributed by atoms with Gasteiger partial charge < -0.3 is 14.8 Å². The molecule has 0 heterocycles. The zero-order valence-corrected chi connectivity index (χ0v) is 12.5. The summed E-state index contributed by atoms with van der Waals surface area (Å²) in [5.41, 5.74) is 2.56. The van der Waals surface area contributed by atoms with Crippen LogP contribution in [0.2, 0.25) is 0 Å². The van der Waals surface area contributed by atoms with Crippen molar-refractivity contribution in [3.63, 3.8) is 0 Å². The predicted molar refractivity (Wildman–Crippen MR) is 84.0 cm³/mol. The monoisotopic (exact) mass is 283 g/mol. The number of nitrogens with one attached hydrogen (secondary N) is 1. The molecule has 0 bridgehead atoms. The van der Waals surface area contributed by atoms with Gasteiger partial charge in [-0.2, -0.15) is 0 Å². The largest absolute Gasteiger partial charge is 0.493 e. The zero-order valence-electron chi connectivity index (χ0n) is 12.5. The van der Waals surface area contributed by atoms with Crippen molar-refractivity contribution >= 4 is 0 Å². The lowest BCUT2D eigenvalue weighted by molar-refractivity contribution is 0.350. The van der Waals surface area contributed by atoms with Crippen molar-refractivity contribution in [1.82, 2.24) is 5.32 Å². The molecule has 1 unspecified atom stereocenters. The van der Waals surface area contributed by atoms with Crippen LogP contribution in [0, 0.1) is 0 Å². The van der Waals surface area contributed by atoms with Crippen LogP contribution >= 0.6 is 0 Å². The molecule has 1 aliphatic carbocycles. The Kier molecular flexibility index (Phi) is 4.11. The molecule has 3 rings (SSSR count). The Hall–Kier alpha value is -2.00. The topological polar surface area (TPSA) is 30.5 Å². The van der Waals surface area contributed by atoms with E-state index in [0.717, 1.165) is 23.6 Å². The molecule has 0 radical (unpaired) electrons. The van der Waals surface area contributed by atoms with E-state index in [4.69, 9.17) is 9.47 Å². The van der Waals surface area contributed by atoms with Gasteiger partial charge in [0, 0.05) is 24.1 Å². The van der Waals surface area contributed by atoms with Crippen molar-refractivity contribution in [1.29, 1.82) is 0 Å². The fraction of sp³-hybridized carbons (Fsp3) is 0.333. The number of hydrogen-bond acceptors (Lipinski definition) is 3. The molecule has 1 saturated carbocycles.